The Labute approximate surface area is 112 Å². The molecule has 0 spiro atoms. The highest BCUT2D eigenvalue weighted by molar-refractivity contribution is 4.85. The molecule has 1 saturated heterocycles. The molecule has 3 heteroatoms. The van der Waals surface area contributed by atoms with Gasteiger partial charge in [-0.15, -0.1) is 0 Å². The molecule has 1 aliphatic carbocycles. The van der Waals surface area contributed by atoms with Gasteiger partial charge in [0.05, 0.1) is 0 Å². The standard InChI is InChI=1S/C15H30N2O/c1-13(5-4-12-18)16-14-8-10-17(11-9-14)15-6-2-3-7-15/h13-16,18H,2-12H2,1H3. The molecule has 0 aromatic carbocycles. The summed E-state index contributed by atoms with van der Waals surface area (Å²) in [6.45, 7) is 5.15. The second-order valence-corrected chi connectivity index (χ2v) is 6.18. The van der Waals surface area contributed by atoms with Crippen molar-refractivity contribution >= 4 is 0 Å². The summed E-state index contributed by atoms with van der Waals surface area (Å²) >= 11 is 0. The van der Waals surface area contributed by atoms with Crippen molar-refractivity contribution in [2.24, 2.45) is 0 Å². The van der Waals surface area contributed by atoms with Crippen molar-refractivity contribution in [3.63, 3.8) is 0 Å². The lowest BCUT2D eigenvalue weighted by Crippen LogP contribution is -2.47. The van der Waals surface area contributed by atoms with Crippen LogP contribution in [0.3, 0.4) is 0 Å². The van der Waals surface area contributed by atoms with E-state index < -0.39 is 0 Å². The van der Waals surface area contributed by atoms with E-state index in [-0.39, 0.29) is 0 Å². The number of nitrogens with one attached hydrogen (secondary N) is 1. The number of hydrogen-bond acceptors (Lipinski definition) is 3. The first-order chi connectivity index (χ1) is 8.79. The van der Waals surface area contributed by atoms with Gasteiger partial charge >= 0.3 is 0 Å². The third-order valence-electron chi connectivity index (χ3n) is 4.69. The van der Waals surface area contributed by atoms with E-state index in [0.717, 1.165) is 18.9 Å². The molecule has 0 aromatic rings. The fourth-order valence-corrected chi connectivity index (χ4v) is 3.58. The minimum absolute atomic E-state index is 0.326. The molecule has 0 amide bonds. The van der Waals surface area contributed by atoms with Crippen molar-refractivity contribution in [3.8, 4) is 0 Å². The zero-order valence-electron chi connectivity index (χ0n) is 11.9. The highest BCUT2D eigenvalue weighted by atomic mass is 16.2. The van der Waals surface area contributed by atoms with Crippen molar-refractivity contribution in [1.82, 2.24) is 10.2 Å². The maximum Gasteiger partial charge on any atom is 0.0431 e. The van der Waals surface area contributed by atoms with E-state index in [1.54, 1.807) is 0 Å². The predicted molar refractivity (Wildman–Crippen MR) is 75.8 cm³/mol. The van der Waals surface area contributed by atoms with Crippen LogP contribution >= 0.6 is 0 Å². The van der Waals surface area contributed by atoms with Crippen LogP contribution in [0.25, 0.3) is 0 Å². The molecule has 2 N–H and O–H groups in total. The molecular weight excluding hydrogens is 224 g/mol. The summed E-state index contributed by atoms with van der Waals surface area (Å²) in [5.41, 5.74) is 0. The number of nitrogens with zero attached hydrogens (tertiary/aromatic N) is 1. The average Bonchev–Trinajstić information content (AvgIpc) is 2.91. The quantitative estimate of drug-likeness (QED) is 0.762. The van der Waals surface area contributed by atoms with E-state index in [1.165, 1.54) is 51.6 Å². The number of piperidine rings is 1. The molecule has 3 nitrogen and oxygen atoms in total. The van der Waals surface area contributed by atoms with E-state index >= 15 is 0 Å². The summed E-state index contributed by atoms with van der Waals surface area (Å²) in [7, 11) is 0. The molecule has 1 saturated carbocycles. The van der Waals surface area contributed by atoms with Crippen molar-refractivity contribution < 1.29 is 5.11 Å². The van der Waals surface area contributed by atoms with Gasteiger partial charge in [-0.3, -0.25) is 0 Å². The summed E-state index contributed by atoms with van der Waals surface area (Å²) < 4.78 is 0. The van der Waals surface area contributed by atoms with Crippen LogP contribution in [0.4, 0.5) is 0 Å². The van der Waals surface area contributed by atoms with Crippen LogP contribution in [0.2, 0.25) is 0 Å². The van der Waals surface area contributed by atoms with Crippen LogP contribution < -0.4 is 5.32 Å². The third kappa shape index (κ3) is 4.22. The van der Waals surface area contributed by atoms with Crippen LogP contribution in [0.1, 0.15) is 58.3 Å². The number of aliphatic hydroxyl groups is 1. The molecule has 1 unspecified atom stereocenters. The van der Waals surface area contributed by atoms with Gasteiger partial charge in [0, 0.05) is 24.7 Å². The molecule has 18 heavy (non-hydrogen) atoms. The number of likely N-dealkylation sites (tertiary alicyclic amines) is 1. The van der Waals surface area contributed by atoms with Crippen molar-refractivity contribution in [2.45, 2.75) is 76.4 Å². The van der Waals surface area contributed by atoms with Gasteiger partial charge in [-0.1, -0.05) is 12.8 Å². The first-order valence-electron chi connectivity index (χ1n) is 7.90. The summed E-state index contributed by atoms with van der Waals surface area (Å²) in [4.78, 5) is 2.73. The maximum absolute atomic E-state index is 8.84. The number of hydrogen-bond donors (Lipinski definition) is 2. The lowest BCUT2D eigenvalue weighted by Gasteiger charge is -2.37. The van der Waals surface area contributed by atoms with Crippen LogP contribution in [0, 0.1) is 0 Å². The summed E-state index contributed by atoms with van der Waals surface area (Å²) in [6.07, 6.45) is 10.4. The molecule has 106 valence electrons. The van der Waals surface area contributed by atoms with Crippen LogP contribution in [0.5, 0.6) is 0 Å². The minimum Gasteiger partial charge on any atom is -0.396 e. The molecule has 0 radical (unpaired) electrons. The Bertz CT molecular complexity index is 221. The van der Waals surface area contributed by atoms with Gasteiger partial charge in [-0.2, -0.15) is 0 Å². The summed E-state index contributed by atoms with van der Waals surface area (Å²) in [5, 5.41) is 12.6. The summed E-state index contributed by atoms with van der Waals surface area (Å²) in [6, 6.07) is 2.16. The van der Waals surface area contributed by atoms with Gasteiger partial charge in [-0.05, 0) is 58.5 Å². The van der Waals surface area contributed by atoms with E-state index in [1.807, 2.05) is 0 Å². The SMILES string of the molecule is CC(CCCO)NC1CCN(C2CCCC2)CC1. The lowest BCUT2D eigenvalue weighted by atomic mass is 10.0. The minimum atomic E-state index is 0.326. The number of rotatable bonds is 6. The molecule has 2 aliphatic rings. The fraction of sp³-hybridized carbons (Fsp3) is 1.00. The molecule has 2 fully saturated rings. The average molecular weight is 254 g/mol. The first kappa shape index (κ1) is 14.3. The molecule has 2 rings (SSSR count). The second-order valence-electron chi connectivity index (χ2n) is 6.18. The Morgan fingerprint density at radius 2 is 1.83 bits per heavy atom. The van der Waals surface area contributed by atoms with E-state index in [4.69, 9.17) is 5.11 Å². The van der Waals surface area contributed by atoms with Crippen LogP contribution in [-0.4, -0.2) is 47.8 Å². The summed E-state index contributed by atoms with van der Waals surface area (Å²) in [5.74, 6) is 0. The normalized spacial score (nSPS) is 25.7. The molecule has 1 heterocycles. The molecule has 1 aliphatic heterocycles. The third-order valence-corrected chi connectivity index (χ3v) is 4.69. The first-order valence-corrected chi connectivity index (χ1v) is 7.90. The predicted octanol–water partition coefficient (Wildman–Crippen LogP) is 2.14. The van der Waals surface area contributed by atoms with E-state index in [2.05, 4.69) is 17.1 Å². The Balaban J connectivity index is 1.63. The van der Waals surface area contributed by atoms with E-state index in [9.17, 15) is 0 Å². The van der Waals surface area contributed by atoms with E-state index in [0.29, 0.717) is 18.7 Å². The Kier molecular flexibility index (Phi) is 5.93. The zero-order chi connectivity index (χ0) is 12.8. The second kappa shape index (κ2) is 7.46. The highest BCUT2D eigenvalue weighted by Gasteiger charge is 2.27. The Hall–Kier alpha value is -0.120. The van der Waals surface area contributed by atoms with Gasteiger partial charge in [0.15, 0.2) is 0 Å². The van der Waals surface area contributed by atoms with Crippen molar-refractivity contribution in [3.05, 3.63) is 0 Å². The van der Waals surface area contributed by atoms with Gasteiger partial charge in [0.1, 0.15) is 0 Å². The lowest BCUT2D eigenvalue weighted by molar-refractivity contribution is 0.140. The van der Waals surface area contributed by atoms with Gasteiger partial charge in [0.2, 0.25) is 0 Å². The van der Waals surface area contributed by atoms with Gasteiger partial charge in [-0.25, -0.2) is 0 Å². The van der Waals surface area contributed by atoms with Crippen molar-refractivity contribution in [2.75, 3.05) is 19.7 Å². The Morgan fingerprint density at radius 1 is 1.17 bits per heavy atom. The molecule has 0 aromatic heterocycles. The monoisotopic (exact) mass is 254 g/mol. The number of aliphatic hydroxyl groups excluding tert-OH is 1. The molecule has 1 atom stereocenters. The molecule has 0 bridgehead atoms. The fourth-order valence-electron chi connectivity index (χ4n) is 3.58. The molecular formula is C15H30N2O. The van der Waals surface area contributed by atoms with Gasteiger partial charge in [0.25, 0.3) is 0 Å². The zero-order valence-corrected chi connectivity index (χ0v) is 11.9. The topological polar surface area (TPSA) is 35.5 Å². The Morgan fingerprint density at radius 3 is 2.44 bits per heavy atom. The van der Waals surface area contributed by atoms with Gasteiger partial charge < -0.3 is 15.3 Å². The van der Waals surface area contributed by atoms with Crippen molar-refractivity contribution in [1.29, 1.82) is 0 Å². The van der Waals surface area contributed by atoms with Crippen LogP contribution in [-0.2, 0) is 0 Å². The largest absolute Gasteiger partial charge is 0.396 e. The maximum atomic E-state index is 8.84. The van der Waals surface area contributed by atoms with Crippen LogP contribution in [0.15, 0.2) is 0 Å². The highest BCUT2D eigenvalue weighted by Crippen LogP contribution is 2.26. The smallest absolute Gasteiger partial charge is 0.0431 e.